The van der Waals surface area contributed by atoms with Crippen LogP contribution >= 0.6 is 0 Å². The van der Waals surface area contributed by atoms with Crippen molar-refractivity contribution >= 4 is 10.0 Å². The van der Waals surface area contributed by atoms with Crippen LogP contribution < -0.4 is 4.74 Å². The van der Waals surface area contributed by atoms with Gasteiger partial charge < -0.3 is 4.74 Å². The standard InChI is InChI=1S/C19H23FN2O3S/c1-15-12-17(20)6-7-19(15)26(23,24)22-10-8-21(9-11-22)14-16-4-3-5-18(13-16)25-2/h3-7,12-13H,8-11,14H2,1-2H3. The molecule has 3 rings (SSSR count). The summed E-state index contributed by atoms with van der Waals surface area (Å²) >= 11 is 0. The van der Waals surface area contributed by atoms with Crippen molar-refractivity contribution in [2.75, 3.05) is 33.3 Å². The van der Waals surface area contributed by atoms with E-state index in [4.69, 9.17) is 4.74 Å². The van der Waals surface area contributed by atoms with Crippen LogP contribution in [0, 0.1) is 12.7 Å². The van der Waals surface area contributed by atoms with Crippen LogP contribution in [-0.4, -0.2) is 50.9 Å². The Hall–Kier alpha value is -1.96. The number of rotatable bonds is 5. The molecule has 0 spiro atoms. The van der Waals surface area contributed by atoms with Crippen molar-refractivity contribution in [2.45, 2.75) is 18.4 Å². The minimum atomic E-state index is -3.60. The predicted octanol–water partition coefficient (Wildman–Crippen LogP) is 2.65. The molecule has 1 saturated heterocycles. The van der Waals surface area contributed by atoms with Gasteiger partial charge in [0.25, 0.3) is 0 Å². The Kier molecular flexibility index (Phi) is 5.60. The largest absolute Gasteiger partial charge is 0.497 e. The molecule has 0 atom stereocenters. The van der Waals surface area contributed by atoms with Gasteiger partial charge in [-0.15, -0.1) is 0 Å². The van der Waals surface area contributed by atoms with E-state index in [1.807, 2.05) is 24.3 Å². The third kappa shape index (κ3) is 4.06. The Labute approximate surface area is 154 Å². The lowest BCUT2D eigenvalue weighted by Gasteiger charge is -2.34. The summed E-state index contributed by atoms with van der Waals surface area (Å²) in [6, 6.07) is 11.7. The molecule has 0 aromatic heterocycles. The van der Waals surface area contributed by atoms with Crippen molar-refractivity contribution in [3.05, 3.63) is 59.4 Å². The third-order valence-corrected chi connectivity index (χ3v) is 6.69. The van der Waals surface area contributed by atoms with Gasteiger partial charge in [-0.3, -0.25) is 4.90 Å². The summed E-state index contributed by atoms with van der Waals surface area (Å²) in [7, 11) is -1.96. The van der Waals surface area contributed by atoms with Crippen molar-refractivity contribution in [1.82, 2.24) is 9.21 Å². The van der Waals surface area contributed by atoms with Gasteiger partial charge in [0.05, 0.1) is 12.0 Å². The molecule has 1 aliphatic heterocycles. The molecule has 26 heavy (non-hydrogen) atoms. The Morgan fingerprint density at radius 3 is 2.46 bits per heavy atom. The van der Waals surface area contributed by atoms with Crippen LogP contribution in [0.5, 0.6) is 5.75 Å². The van der Waals surface area contributed by atoms with E-state index in [1.165, 1.54) is 22.5 Å². The molecular formula is C19H23FN2O3S. The third-order valence-electron chi connectivity index (χ3n) is 4.63. The van der Waals surface area contributed by atoms with E-state index < -0.39 is 15.8 Å². The maximum atomic E-state index is 13.3. The fourth-order valence-electron chi connectivity index (χ4n) is 3.20. The molecule has 0 amide bonds. The van der Waals surface area contributed by atoms with Crippen LogP contribution in [0.25, 0.3) is 0 Å². The van der Waals surface area contributed by atoms with Gasteiger partial charge >= 0.3 is 0 Å². The highest BCUT2D eigenvalue weighted by molar-refractivity contribution is 7.89. The number of aryl methyl sites for hydroxylation is 1. The normalized spacial score (nSPS) is 16.6. The number of hydrogen-bond donors (Lipinski definition) is 0. The lowest BCUT2D eigenvalue weighted by molar-refractivity contribution is 0.181. The highest BCUT2D eigenvalue weighted by Crippen LogP contribution is 2.22. The number of hydrogen-bond acceptors (Lipinski definition) is 4. The van der Waals surface area contributed by atoms with Crippen molar-refractivity contribution in [3.63, 3.8) is 0 Å². The van der Waals surface area contributed by atoms with Gasteiger partial charge in [0.1, 0.15) is 11.6 Å². The second-order valence-electron chi connectivity index (χ2n) is 6.44. The first-order chi connectivity index (χ1) is 12.4. The van der Waals surface area contributed by atoms with Gasteiger partial charge in [0, 0.05) is 32.7 Å². The van der Waals surface area contributed by atoms with Crippen LogP contribution in [0.1, 0.15) is 11.1 Å². The number of halogens is 1. The Morgan fingerprint density at radius 1 is 1.08 bits per heavy atom. The van der Waals surface area contributed by atoms with Crippen molar-refractivity contribution in [1.29, 1.82) is 0 Å². The summed E-state index contributed by atoms with van der Waals surface area (Å²) in [5.41, 5.74) is 1.57. The van der Waals surface area contributed by atoms with Crippen LogP contribution in [-0.2, 0) is 16.6 Å². The molecule has 140 valence electrons. The van der Waals surface area contributed by atoms with Gasteiger partial charge in [-0.1, -0.05) is 12.1 Å². The lowest BCUT2D eigenvalue weighted by Crippen LogP contribution is -2.48. The summed E-state index contributed by atoms with van der Waals surface area (Å²) in [6.45, 7) is 4.51. The lowest BCUT2D eigenvalue weighted by atomic mass is 10.2. The van der Waals surface area contributed by atoms with Crippen molar-refractivity contribution < 1.29 is 17.5 Å². The number of piperazine rings is 1. The van der Waals surface area contributed by atoms with Gasteiger partial charge in [0.2, 0.25) is 10.0 Å². The molecule has 7 heteroatoms. The quantitative estimate of drug-likeness (QED) is 0.803. The van der Waals surface area contributed by atoms with E-state index in [1.54, 1.807) is 14.0 Å². The topological polar surface area (TPSA) is 49.9 Å². The van der Waals surface area contributed by atoms with Gasteiger partial charge in [-0.05, 0) is 48.4 Å². The van der Waals surface area contributed by atoms with Crippen molar-refractivity contribution in [2.24, 2.45) is 0 Å². The number of sulfonamides is 1. The number of nitrogens with zero attached hydrogens (tertiary/aromatic N) is 2. The van der Waals surface area contributed by atoms with E-state index in [9.17, 15) is 12.8 Å². The van der Waals surface area contributed by atoms with Gasteiger partial charge in [0.15, 0.2) is 0 Å². The molecule has 0 unspecified atom stereocenters. The Bertz CT molecular complexity index is 878. The highest BCUT2D eigenvalue weighted by atomic mass is 32.2. The molecule has 1 heterocycles. The fraction of sp³-hybridized carbons (Fsp3) is 0.368. The number of ether oxygens (including phenoxy) is 1. The zero-order valence-electron chi connectivity index (χ0n) is 15.0. The first-order valence-corrected chi connectivity index (χ1v) is 9.96. The van der Waals surface area contributed by atoms with E-state index in [2.05, 4.69) is 4.90 Å². The van der Waals surface area contributed by atoms with E-state index in [0.29, 0.717) is 31.7 Å². The van der Waals surface area contributed by atoms with Gasteiger partial charge in [-0.2, -0.15) is 4.31 Å². The average Bonchev–Trinajstić information content (AvgIpc) is 2.62. The van der Waals surface area contributed by atoms with Crippen LogP contribution in [0.15, 0.2) is 47.4 Å². The first kappa shape index (κ1) is 18.8. The fourth-order valence-corrected chi connectivity index (χ4v) is 4.83. The minimum Gasteiger partial charge on any atom is -0.497 e. The first-order valence-electron chi connectivity index (χ1n) is 8.52. The molecule has 0 bridgehead atoms. The van der Waals surface area contributed by atoms with E-state index >= 15 is 0 Å². The molecule has 2 aromatic rings. The average molecular weight is 378 g/mol. The number of methoxy groups -OCH3 is 1. The Balaban J connectivity index is 1.65. The second kappa shape index (κ2) is 7.73. The smallest absolute Gasteiger partial charge is 0.243 e. The summed E-state index contributed by atoms with van der Waals surface area (Å²) in [4.78, 5) is 2.40. The van der Waals surface area contributed by atoms with E-state index in [-0.39, 0.29) is 4.90 Å². The van der Waals surface area contributed by atoms with Crippen LogP contribution in [0.2, 0.25) is 0 Å². The zero-order chi connectivity index (χ0) is 18.7. The summed E-state index contributed by atoms with van der Waals surface area (Å²) in [5, 5.41) is 0. The SMILES string of the molecule is COc1cccc(CN2CCN(S(=O)(=O)c3ccc(F)cc3C)CC2)c1. The summed E-state index contributed by atoms with van der Waals surface area (Å²) < 4.78 is 45.7. The zero-order valence-corrected chi connectivity index (χ0v) is 15.8. The summed E-state index contributed by atoms with van der Waals surface area (Å²) in [5.74, 6) is 0.389. The highest BCUT2D eigenvalue weighted by Gasteiger charge is 2.29. The Morgan fingerprint density at radius 2 is 1.81 bits per heavy atom. The monoisotopic (exact) mass is 378 g/mol. The van der Waals surface area contributed by atoms with Crippen LogP contribution in [0.3, 0.4) is 0 Å². The summed E-state index contributed by atoms with van der Waals surface area (Å²) in [6.07, 6.45) is 0. The molecule has 0 N–H and O–H groups in total. The molecular weight excluding hydrogens is 355 g/mol. The van der Waals surface area contributed by atoms with Crippen LogP contribution in [0.4, 0.5) is 4.39 Å². The molecule has 0 saturated carbocycles. The molecule has 5 nitrogen and oxygen atoms in total. The molecule has 2 aromatic carbocycles. The molecule has 0 aliphatic carbocycles. The maximum Gasteiger partial charge on any atom is 0.243 e. The molecule has 1 aliphatic rings. The van der Waals surface area contributed by atoms with Gasteiger partial charge in [-0.25, -0.2) is 12.8 Å². The molecule has 0 radical (unpaired) electrons. The maximum absolute atomic E-state index is 13.3. The predicted molar refractivity (Wildman–Crippen MR) is 98.2 cm³/mol. The van der Waals surface area contributed by atoms with Crippen molar-refractivity contribution in [3.8, 4) is 5.75 Å². The number of benzene rings is 2. The minimum absolute atomic E-state index is 0.181. The molecule has 1 fully saturated rings. The second-order valence-corrected chi connectivity index (χ2v) is 8.35. The van der Waals surface area contributed by atoms with E-state index in [0.717, 1.165) is 17.9 Å².